The summed E-state index contributed by atoms with van der Waals surface area (Å²) in [6, 6.07) is 1.80. The number of carbonyl (C=O) groups is 2. The Morgan fingerprint density at radius 1 is 0.941 bits per heavy atom. The Labute approximate surface area is 298 Å². The standard InChI is InChI=1S/C40H49NO10/c1-9-11-16-49-23-18-25(46-6)32-27-22(20-38(32)21(3)14-13-15-37(38,4)5)31-30(33(42)28(23)27)35(44)39(45)26(40(31,47-7)48-8)19-24-29(34(39)43)36(41-51-24)50-17-12-10-2/h14,18,26,42,45H,9-13,15-17,19-20H2,1-8H3/t26-,38-,39+/m0/s1. The molecule has 0 fully saturated rings. The highest BCUT2D eigenvalue weighted by Gasteiger charge is 2.70. The smallest absolute Gasteiger partial charge is 0.265 e. The lowest BCUT2D eigenvalue weighted by Crippen LogP contribution is -2.66. The van der Waals surface area contributed by atoms with Gasteiger partial charge in [-0.3, -0.25) is 9.59 Å². The van der Waals surface area contributed by atoms with Crippen molar-refractivity contribution in [1.82, 2.24) is 5.16 Å². The molecule has 0 saturated carbocycles. The second-order valence-corrected chi connectivity index (χ2v) is 15.1. The van der Waals surface area contributed by atoms with Crippen molar-refractivity contribution in [3.05, 3.63) is 51.3 Å². The number of ketones is 2. The van der Waals surface area contributed by atoms with Gasteiger partial charge in [-0.15, -0.1) is 0 Å². The maximum atomic E-state index is 15.1. The van der Waals surface area contributed by atoms with E-state index in [2.05, 4.69) is 38.9 Å². The maximum Gasteiger partial charge on any atom is 0.265 e. The maximum absolute atomic E-state index is 15.1. The van der Waals surface area contributed by atoms with Gasteiger partial charge in [0.1, 0.15) is 22.8 Å². The number of ether oxygens (including phenoxy) is 5. The number of aromatic nitrogens is 1. The third-order valence-electron chi connectivity index (χ3n) is 12.4. The lowest BCUT2D eigenvalue weighted by atomic mass is 9.54. The minimum atomic E-state index is -2.72. The van der Waals surface area contributed by atoms with Gasteiger partial charge in [0.15, 0.2) is 11.4 Å². The van der Waals surface area contributed by atoms with Crippen LogP contribution in [-0.2, 0) is 33.5 Å². The number of unbranched alkanes of at least 4 members (excludes halogenated alkanes) is 2. The van der Waals surface area contributed by atoms with E-state index in [9.17, 15) is 15.0 Å². The number of aliphatic hydroxyl groups is 1. The van der Waals surface area contributed by atoms with E-state index >= 15 is 4.79 Å². The largest absolute Gasteiger partial charge is 0.506 e. The second kappa shape index (κ2) is 12.3. The summed E-state index contributed by atoms with van der Waals surface area (Å²) < 4.78 is 36.6. The lowest BCUT2D eigenvalue weighted by molar-refractivity contribution is -0.275. The number of aromatic hydroxyl groups is 1. The molecule has 0 unspecified atom stereocenters. The van der Waals surface area contributed by atoms with Crippen molar-refractivity contribution in [3.63, 3.8) is 0 Å². The summed E-state index contributed by atoms with van der Waals surface area (Å²) in [6.07, 6.45) is 7.55. The Morgan fingerprint density at radius 3 is 2.24 bits per heavy atom. The molecule has 3 atom stereocenters. The van der Waals surface area contributed by atoms with Crippen molar-refractivity contribution in [2.45, 2.75) is 103 Å². The van der Waals surface area contributed by atoms with Crippen LogP contribution in [0.25, 0.3) is 10.8 Å². The summed E-state index contributed by atoms with van der Waals surface area (Å²) in [4.78, 5) is 29.7. The Bertz CT molecular complexity index is 1970. The predicted octanol–water partition coefficient (Wildman–Crippen LogP) is 6.89. The monoisotopic (exact) mass is 703 g/mol. The highest BCUT2D eigenvalue weighted by atomic mass is 16.7. The summed E-state index contributed by atoms with van der Waals surface area (Å²) in [7, 11) is 4.47. The number of hydrogen-bond donors (Lipinski definition) is 2. The first-order valence-corrected chi connectivity index (χ1v) is 18.1. The zero-order valence-corrected chi connectivity index (χ0v) is 30.9. The van der Waals surface area contributed by atoms with Crippen LogP contribution in [0, 0.1) is 11.3 Å². The van der Waals surface area contributed by atoms with Crippen LogP contribution in [-0.4, -0.2) is 67.1 Å². The summed E-state index contributed by atoms with van der Waals surface area (Å²) in [6.45, 7) is 11.3. The van der Waals surface area contributed by atoms with E-state index in [1.54, 1.807) is 13.2 Å². The number of phenolic OH excluding ortho intramolecular Hbond substituents is 1. The highest BCUT2D eigenvalue weighted by Crippen LogP contribution is 2.67. The third-order valence-corrected chi connectivity index (χ3v) is 12.4. The van der Waals surface area contributed by atoms with Crippen molar-refractivity contribution < 1.29 is 48.0 Å². The summed E-state index contributed by atoms with van der Waals surface area (Å²) in [5.74, 6) is -4.44. The first-order chi connectivity index (χ1) is 24.4. The van der Waals surface area contributed by atoms with Crippen molar-refractivity contribution >= 4 is 22.3 Å². The van der Waals surface area contributed by atoms with Gasteiger partial charge in [-0.05, 0) is 55.2 Å². The van der Waals surface area contributed by atoms with Crippen LogP contribution in [0.15, 0.2) is 22.2 Å². The van der Waals surface area contributed by atoms with Crippen LogP contribution in [0.2, 0.25) is 0 Å². The molecule has 0 amide bonds. The molecule has 0 bridgehead atoms. The molecular formula is C40H49NO10. The first-order valence-electron chi connectivity index (χ1n) is 18.1. The van der Waals surface area contributed by atoms with E-state index in [-0.39, 0.29) is 46.8 Å². The van der Waals surface area contributed by atoms with Gasteiger partial charge in [-0.1, -0.05) is 52.2 Å². The van der Waals surface area contributed by atoms with Crippen LogP contribution >= 0.6 is 0 Å². The number of methoxy groups -OCH3 is 3. The Hall–Kier alpha value is -3.93. The number of rotatable bonds is 11. The fourth-order valence-corrected chi connectivity index (χ4v) is 9.71. The number of benzene rings is 2. The Morgan fingerprint density at radius 2 is 1.61 bits per heavy atom. The number of carbonyl (C=O) groups excluding carboxylic acids is 2. The molecule has 4 aliphatic carbocycles. The molecule has 0 aliphatic heterocycles. The lowest BCUT2D eigenvalue weighted by Gasteiger charge is -2.51. The number of fused-ring (bicyclic) bond motifs is 5. The second-order valence-electron chi connectivity index (χ2n) is 15.1. The zero-order chi connectivity index (χ0) is 36.7. The van der Waals surface area contributed by atoms with Crippen LogP contribution < -0.4 is 14.2 Å². The molecule has 4 aliphatic rings. The van der Waals surface area contributed by atoms with Gasteiger partial charge in [0, 0.05) is 48.6 Å². The molecule has 3 aromatic rings. The van der Waals surface area contributed by atoms with Crippen LogP contribution in [0.1, 0.15) is 116 Å². The van der Waals surface area contributed by atoms with E-state index in [1.807, 2.05) is 6.92 Å². The van der Waals surface area contributed by atoms with Crippen LogP contribution in [0.4, 0.5) is 0 Å². The number of phenols is 1. The predicted molar refractivity (Wildman–Crippen MR) is 188 cm³/mol. The van der Waals surface area contributed by atoms with Crippen molar-refractivity contribution in [2.24, 2.45) is 11.3 Å². The minimum absolute atomic E-state index is 0.0808. The molecule has 51 heavy (non-hydrogen) atoms. The van der Waals surface area contributed by atoms with Crippen molar-refractivity contribution in [2.75, 3.05) is 34.5 Å². The van der Waals surface area contributed by atoms with E-state index in [1.165, 1.54) is 14.2 Å². The normalized spacial score (nSPS) is 25.4. The van der Waals surface area contributed by atoms with E-state index < -0.39 is 40.0 Å². The number of nitrogens with zero attached hydrogens (tertiary/aromatic N) is 1. The van der Waals surface area contributed by atoms with Gasteiger partial charge < -0.3 is 38.4 Å². The van der Waals surface area contributed by atoms with Crippen LogP contribution in [0.5, 0.6) is 23.1 Å². The summed E-state index contributed by atoms with van der Waals surface area (Å²) in [5, 5.41) is 30.2. The Balaban J connectivity index is 1.58. The van der Waals surface area contributed by atoms with Gasteiger partial charge in [0.05, 0.1) is 37.2 Å². The van der Waals surface area contributed by atoms with Gasteiger partial charge in [0.25, 0.3) is 5.88 Å². The molecule has 1 heterocycles. The van der Waals surface area contributed by atoms with Crippen LogP contribution in [0.3, 0.4) is 0 Å². The van der Waals surface area contributed by atoms with Crippen molar-refractivity contribution in [1.29, 1.82) is 0 Å². The van der Waals surface area contributed by atoms with Gasteiger partial charge in [-0.2, -0.15) is 0 Å². The average molecular weight is 704 g/mol. The van der Waals surface area contributed by atoms with Crippen molar-refractivity contribution in [3.8, 4) is 23.1 Å². The van der Waals surface area contributed by atoms with Gasteiger partial charge in [0.2, 0.25) is 17.4 Å². The molecule has 2 N–H and O–H groups in total. The van der Waals surface area contributed by atoms with Gasteiger partial charge in [-0.25, -0.2) is 0 Å². The average Bonchev–Trinajstić information content (AvgIpc) is 3.69. The topological polar surface area (TPSA) is 147 Å². The molecule has 0 saturated heterocycles. The molecule has 7 rings (SSSR count). The fraction of sp³-hybridized carbons (Fsp3) is 0.575. The molecule has 2 aromatic carbocycles. The molecular weight excluding hydrogens is 654 g/mol. The number of Topliss-reactive ketones (excluding diaryl/α,β-unsaturated/α-hetero) is 2. The van der Waals surface area contributed by atoms with Gasteiger partial charge >= 0.3 is 0 Å². The minimum Gasteiger partial charge on any atom is -0.506 e. The molecule has 11 heteroatoms. The SMILES string of the molecule is CCCCOc1noc2c1C(=O)[C@@]1(O)C(=O)c3c(c4c5c(c(OC)cc(OCCCC)c5c3O)[C@]3(C4)C(C)=CCCC3(C)C)C(OC)(OC)[C@H]1C2. The third kappa shape index (κ3) is 4.43. The first kappa shape index (κ1) is 35.5. The molecule has 11 nitrogen and oxygen atoms in total. The molecule has 1 aromatic heterocycles. The highest BCUT2D eigenvalue weighted by molar-refractivity contribution is 6.28. The summed E-state index contributed by atoms with van der Waals surface area (Å²) >= 11 is 0. The Kier molecular flexibility index (Phi) is 8.59. The van der Waals surface area contributed by atoms with E-state index in [0.717, 1.165) is 43.2 Å². The number of allylic oxidation sites excluding steroid dienone is 2. The summed E-state index contributed by atoms with van der Waals surface area (Å²) in [5.41, 5.74) is -0.878. The number of hydrogen-bond acceptors (Lipinski definition) is 11. The molecule has 274 valence electrons. The van der Waals surface area contributed by atoms with E-state index in [0.29, 0.717) is 47.3 Å². The molecule has 1 spiro atoms. The fourth-order valence-electron chi connectivity index (χ4n) is 9.71. The zero-order valence-electron chi connectivity index (χ0n) is 30.9. The quantitative estimate of drug-likeness (QED) is 0.0932. The molecule has 0 radical (unpaired) electrons. The van der Waals surface area contributed by atoms with E-state index in [4.69, 9.17) is 28.2 Å².